The van der Waals surface area contributed by atoms with Crippen LogP contribution in [-0.2, 0) is 9.59 Å². The minimum Gasteiger partial charge on any atom is -0.497 e. The summed E-state index contributed by atoms with van der Waals surface area (Å²) in [5.41, 5.74) is 1.63. The van der Waals surface area contributed by atoms with Crippen molar-refractivity contribution < 1.29 is 14.3 Å². The van der Waals surface area contributed by atoms with Gasteiger partial charge < -0.3 is 10.1 Å². The van der Waals surface area contributed by atoms with Crippen LogP contribution in [0, 0.1) is 0 Å². The SMILES string of the molecule is COc1cccc(NC(=O)CN2C(=O)/C(=C/C=C/c3ccccc3)SC2=S)c1. The fraction of sp³-hybridized carbons (Fsp3) is 0.0952. The van der Waals surface area contributed by atoms with Crippen LogP contribution in [0.5, 0.6) is 5.75 Å². The molecule has 1 aliphatic rings. The predicted molar refractivity (Wildman–Crippen MR) is 117 cm³/mol. The number of thiocarbonyl (C=S) groups is 1. The number of benzene rings is 2. The lowest BCUT2D eigenvalue weighted by Gasteiger charge is -2.14. The number of thioether (sulfide) groups is 1. The summed E-state index contributed by atoms with van der Waals surface area (Å²) in [4.78, 5) is 26.7. The van der Waals surface area contributed by atoms with Gasteiger partial charge in [-0.05, 0) is 23.8 Å². The standard InChI is InChI=1S/C21H18N2O3S2/c1-26-17-11-6-10-16(13-17)22-19(24)14-23-20(25)18(28-21(23)27)12-5-9-15-7-3-2-4-8-15/h2-13H,14H2,1H3,(H,22,24)/b9-5+,18-12-. The summed E-state index contributed by atoms with van der Waals surface area (Å²) in [6.07, 6.45) is 5.42. The van der Waals surface area contributed by atoms with E-state index in [1.807, 2.05) is 36.4 Å². The van der Waals surface area contributed by atoms with E-state index in [-0.39, 0.29) is 18.4 Å². The molecule has 7 heteroatoms. The van der Waals surface area contributed by atoms with Crippen LogP contribution >= 0.6 is 24.0 Å². The van der Waals surface area contributed by atoms with Gasteiger partial charge in [0.05, 0.1) is 12.0 Å². The van der Waals surface area contributed by atoms with Crippen molar-refractivity contribution in [3.63, 3.8) is 0 Å². The fourth-order valence-corrected chi connectivity index (χ4v) is 3.71. The molecule has 1 saturated heterocycles. The highest BCUT2D eigenvalue weighted by molar-refractivity contribution is 8.26. The van der Waals surface area contributed by atoms with Crippen molar-refractivity contribution >= 4 is 51.9 Å². The van der Waals surface area contributed by atoms with Crippen molar-refractivity contribution in [2.24, 2.45) is 0 Å². The van der Waals surface area contributed by atoms with Gasteiger partial charge in [-0.1, -0.05) is 72.5 Å². The summed E-state index contributed by atoms with van der Waals surface area (Å²) in [7, 11) is 1.56. The normalized spacial score (nSPS) is 15.5. The van der Waals surface area contributed by atoms with Crippen LogP contribution in [-0.4, -0.2) is 34.7 Å². The van der Waals surface area contributed by atoms with E-state index >= 15 is 0 Å². The smallest absolute Gasteiger partial charge is 0.266 e. The molecule has 0 unspecified atom stereocenters. The Kier molecular flexibility index (Phi) is 6.62. The molecule has 3 rings (SSSR count). The number of anilines is 1. The van der Waals surface area contributed by atoms with Gasteiger partial charge in [-0.2, -0.15) is 0 Å². The lowest BCUT2D eigenvalue weighted by molar-refractivity contribution is -0.126. The molecule has 2 aromatic rings. The Labute approximate surface area is 173 Å². The molecule has 0 radical (unpaired) electrons. The van der Waals surface area contributed by atoms with Gasteiger partial charge in [0.15, 0.2) is 0 Å². The minimum atomic E-state index is -0.328. The molecule has 142 valence electrons. The fourth-order valence-electron chi connectivity index (χ4n) is 2.51. The van der Waals surface area contributed by atoms with Crippen LogP contribution in [0.4, 0.5) is 5.69 Å². The molecular weight excluding hydrogens is 392 g/mol. The van der Waals surface area contributed by atoms with Crippen molar-refractivity contribution in [1.82, 2.24) is 4.90 Å². The Morgan fingerprint density at radius 1 is 1.21 bits per heavy atom. The van der Waals surface area contributed by atoms with Gasteiger partial charge in [0, 0.05) is 11.8 Å². The highest BCUT2D eigenvalue weighted by Crippen LogP contribution is 2.31. The summed E-state index contributed by atoms with van der Waals surface area (Å²) in [6, 6.07) is 16.8. The molecule has 5 nitrogen and oxygen atoms in total. The Morgan fingerprint density at radius 2 is 2.00 bits per heavy atom. The Morgan fingerprint density at radius 3 is 2.75 bits per heavy atom. The third-order valence-electron chi connectivity index (χ3n) is 3.86. The zero-order chi connectivity index (χ0) is 19.9. The maximum absolute atomic E-state index is 12.6. The molecule has 0 spiro atoms. The Bertz CT molecular complexity index is 955. The van der Waals surface area contributed by atoms with Crippen LogP contribution in [0.3, 0.4) is 0 Å². The van der Waals surface area contributed by atoms with Crippen LogP contribution in [0.1, 0.15) is 5.56 Å². The number of nitrogens with zero attached hydrogens (tertiary/aromatic N) is 1. The molecular formula is C21H18N2O3S2. The third-order valence-corrected chi connectivity index (χ3v) is 5.26. The maximum atomic E-state index is 12.6. The summed E-state index contributed by atoms with van der Waals surface area (Å²) in [5.74, 6) is 0.0377. The molecule has 0 aromatic heterocycles. The number of nitrogens with one attached hydrogen (secondary N) is 1. The summed E-state index contributed by atoms with van der Waals surface area (Å²) >= 11 is 6.45. The van der Waals surface area contributed by atoms with Crippen molar-refractivity contribution in [3.8, 4) is 5.75 Å². The van der Waals surface area contributed by atoms with E-state index in [1.54, 1.807) is 43.5 Å². The zero-order valence-corrected chi connectivity index (χ0v) is 16.8. The number of carbonyl (C=O) groups excluding carboxylic acids is 2. The number of carbonyl (C=O) groups is 2. The zero-order valence-electron chi connectivity index (χ0n) is 15.1. The maximum Gasteiger partial charge on any atom is 0.266 e. The molecule has 1 aliphatic heterocycles. The number of rotatable bonds is 6. The van der Waals surface area contributed by atoms with E-state index in [9.17, 15) is 9.59 Å². The number of methoxy groups -OCH3 is 1. The third kappa shape index (κ3) is 5.09. The second-order valence-electron chi connectivity index (χ2n) is 5.84. The number of hydrogen-bond donors (Lipinski definition) is 1. The van der Waals surface area contributed by atoms with Gasteiger partial charge in [0.2, 0.25) is 5.91 Å². The second-order valence-corrected chi connectivity index (χ2v) is 7.52. The molecule has 1 fully saturated rings. The van der Waals surface area contributed by atoms with Crippen LogP contribution < -0.4 is 10.1 Å². The first-order valence-corrected chi connectivity index (χ1v) is 9.70. The first-order chi connectivity index (χ1) is 13.6. The first kappa shape index (κ1) is 19.9. The summed E-state index contributed by atoms with van der Waals surface area (Å²) in [6.45, 7) is -0.137. The number of allylic oxidation sites excluding steroid dienone is 2. The van der Waals surface area contributed by atoms with Gasteiger partial charge in [-0.3, -0.25) is 14.5 Å². The van der Waals surface area contributed by atoms with E-state index in [1.165, 1.54) is 16.7 Å². The number of amides is 2. The Hall–Kier alpha value is -2.90. The molecule has 0 saturated carbocycles. The highest BCUT2D eigenvalue weighted by atomic mass is 32.2. The number of ether oxygens (including phenoxy) is 1. The van der Waals surface area contributed by atoms with E-state index in [0.717, 1.165) is 5.56 Å². The lowest BCUT2D eigenvalue weighted by atomic mass is 10.2. The van der Waals surface area contributed by atoms with Gasteiger partial charge in [0.1, 0.15) is 16.6 Å². The molecule has 1 heterocycles. The van der Waals surface area contributed by atoms with E-state index < -0.39 is 0 Å². The quantitative estimate of drug-likeness (QED) is 0.574. The molecule has 0 bridgehead atoms. The number of hydrogen-bond acceptors (Lipinski definition) is 5. The van der Waals surface area contributed by atoms with Crippen molar-refractivity contribution in [2.75, 3.05) is 19.0 Å². The van der Waals surface area contributed by atoms with Crippen LogP contribution in [0.2, 0.25) is 0 Å². The predicted octanol–water partition coefficient (Wildman–Crippen LogP) is 4.09. The van der Waals surface area contributed by atoms with Crippen molar-refractivity contribution in [2.45, 2.75) is 0 Å². The summed E-state index contributed by atoms with van der Waals surface area (Å²) < 4.78 is 5.50. The minimum absolute atomic E-state index is 0.137. The molecule has 28 heavy (non-hydrogen) atoms. The monoisotopic (exact) mass is 410 g/mol. The second kappa shape index (κ2) is 9.34. The average Bonchev–Trinajstić information content (AvgIpc) is 2.96. The summed E-state index contributed by atoms with van der Waals surface area (Å²) in [5, 5.41) is 2.75. The largest absolute Gasteiger partial charge is 0.497 e. The molecule has 2 amide bonds. The molecule has 1 N–H and O–H groups in total. The van der Waals surface area contributed by atoms with E-state index in [0.29, 0.717) is 20.7 Å². The first-order valence-electron chi connectivity index (χ1n) is 8.48. The average molecular weight is 411 g/mol. The highest BCUT2D eigenvalue weighted by Gasteiger charge is 2.33. The van der Waals surface area contributed by atoms with Gasteiger partial charge >= 0.3 is 0 Å². The topological polar surface area (TPSA) is 58.6 Å². The van der Waals surface area contributed by atoms with Crippen LogP contribution in [0.25, 0.3) is 6.08 Å². The Balaban J connectivity index is 1.62. The lowest BCUT2D eigenvalue weighted by Crippen LogP contribution is -2.36. The van der Waals surface area contributed by atoms with Gasteiger partial charge in [0.25, 0.3) is 5.91 Å². The van der Waals surface area contributed by atoms with Gasteiger partial charge in [-0.25, -0.2) is 0 Å². The molecule has 2 aromatic carbocycles. The molecule has 0 atom stereocenters. The van der Waals surface area contributed by atoms with Gasteiger partial charge in [-0.15, -0.1) is 0 Å². The van der Waals surface area contributed by atoms with E-state index in [4.69, 9.17) is 17.0 Å². The molecule has 0 aliphatic carbocycles. The van der Waals surface area contributed by atoms with Crippen molar-refractivity contribution in [3.05, 3.63) is 77.2 Å². The van der Waals surface area contributed by atoms with Crippen LogP contribution in [0.15, 0.2) is 71.7 Å². The van der Waals surface area contributed by atoms with E-state index in [2.05, 4.69) is 5.32 Å². The van der Waals surface area contributed by atoms with Crippen molar-refractivity contribution in [1.29, 1.82) is 0 Å².